The maximum Gasteiger partial charge on any atom is 0.197 e. The summed E-state index contributed by atoms with van der Waals surface area (Å²) in [6, 6.07) is 0.517. The monoisotopic (exact) mass is 239 g/mol. The van der Waals surface area contributed by atoms with E-state index in [0.717, 1.165) is 13.1 Å². The minimum Gasteiger partial charge on any atom is -0.339 e. The molecule has 1 aliphatic rings. The summed E-state index contributed by atoms with van der Waals surface area (Å²) in [4.78, 5) is 9.77. The van der Waals surface area contributed by atoms with E-state index in [1.165, 1.54) is 5.96 Å². The van der Waals surface area contributed by atoms with E-state index >= 15 is 0 Å². The Morgan fingerprint density at radius 1 is 1.00 bits per heavy atom. The van der Waals surface area contributed by atoms with Crippen LogP contribution in [-0.4, -0.2) is 46.0 Å². The van der Waals surface area contributed by atoms with Crippen molar-refractivity contribution in [2.24, 2.45) is 4.99 Å². The molecule has 0 radical (unpaired) electrons. The van der Waals surface area contributed by atoms with Gasteiger partial charge in [-0.15, -0.1) is 0 Å². The Balaban J connectivity index is 3.08. The summed E-state index contributed by atoms with van der Waals surface area (Å²) in [5.41, 5.74) is 0.129. The van der Waals surface area contributed by atoms with Crippen molar-refractivity contribution in [3.63, 3.8) is 0 Å². The zero-order chi connectivity index (χ0) is 13.4. The Morgan fingerprint density at radius 2 is 1.53 bits per heavy atom. The van der Waals surface area contributed by atoms with E-state index in [9.17, 15) is 0 Å². The van der Waals surface area contributed by atoms with Gasteiger partial charge in [-0.05, 0) is 55.4 Å². The largest absolute Gasteiger partial charge is 0.339 e. The fraction of sp³-hybridized carbons (Fsp3) is 0.929. The van der Waals surface area contributed by atoms with Crippen LogP contribution in [0.15, 0.2) is 4.99 Å². The van der Waals surface area contributed by atoms with E-state index in [2.05, 4.69) is 65.2 Å². The standard InChI is InChI=1S/C14H29N3/c1-11(2)16-9-10-17(14(6,7)8)12(16)15-13(3,4)5/h11H,9-10H2,1-8H3. The molecule has 0 N–H and O–H groups in total. The molecule has 0 saturated carbocycles. The summed E-state index contributed by atoms with van der Waals surface area (Å²) in [5.74, 6) is 1.17. The molecule has 3 nitrogen and oxygen atoms in total. The first-order valence-corrected chi connectivity index (χ1v) is 6.66. The fourth-order valence-electron chi connectivity index (χ4n) is 2.11. The predicted molar refractivity (Wildman–Crippen MR) is 75.5 cm³/mol. The number of hydrogen-bond acceptors (Lipinski definition) is 1. The molecule has 0 atom stereocenters. The predicted octanol–water partition coefficient (Wildman–Crippen LogP) is 2.97. The van der Waals surface area contributed by atoms with E-state index in [1.807, 2.05) is 0 Å². The van der Waals surface area contributed by atoms with Crippen molar-refractivity contribution in [1.29, 1.82) is 0 Å². The van der Waals surface area contributed by atoms with E-state index in [4.69, 9.17) is 4.99 Å². The molecule has 0 spiro atoms. The number of guanidine groups is 1. The van der Waals surface area contributed by atoms with Gasteiger partial charge < -0.3 is 9.80 Å². The average molecular weight is 239 g/mol. The third-order valence-corrected chi connectivity index (χ3v) is 2.93. The van der Waals surface area contributed by atoms with Crippen molar-refractivity contribution in [2.75, 3.05) is 13.1 Å². The van der Waals surface area contributed by atoms with Crippen LogP contribution in [0.2, 0.25) is 0 Å². The van der Waals surface area contributed by atoms with Crippen LogP contribution in [-0.2, 0) is 0 Å². The van der Waals surface area contributed by atoms with Gasteiger partial charge in [-0.25, -0.2) is 4.99 Å². The molecule has 3 heteroatoms. The summed E-state index contributed by atoms with van der Waals surface area (Å²) >= 11 is 0. The van der Waals surface area contributed by atoms with E-state index in [0.29, 0.717) is 6.04 Å². The molecular weight excluding hydrogens is 210 g/mol. The van der Waals surface area contributed by atoms with E-state index in [-0.39, 0.29) is 11.1 Å². The summed E-state index contributed by atoms with van der Waals surface area (Å²) < 4.78 is 0. The van der Waals surface area contributed by atoms with Crippen LogP contribution >= 0.6 is 0 Å². The third kappa shape index (κ3) is 3.62. The molecule has 1 heterocycles. The normalized spacial score (nSPS) is 20.9. The van der Waals surface area contributed by atoms with Crippen LogP contribution < -0.4 is 0 Å². The van der Waals surface area contributed by atoms with Gasteiger partial charge >= 0.3 is 0 Å². The van der Waals surface area contributed by atoms with Crippen molar-refractivity contribution in [3.05, 3.63) is 0 Å². The molecule has 1 aliphatic heterocycles. The van der Waals surface area contributed by atoms with Crippen LogP contribution in [0.4, 0.5) is 0 Å². The zero-order valence-electron chi connectivity index (χ0n) is 12.8. The van der Waals surface area contributed by atoms with Crippen molar-refractivity contribution in [1.82, 2.24) is 9.80 Å². The highest BCUT2D eigenvalue weighted by Gasteiger charge is 2.35. The minimum absolute atomic E-state index is 0.0175. The van der Waals surface area contributed by atoms with E-state index < -0.39 is 0 Å². The Bertz CT molecular complexity index is 292. The van der Waals surface area contributed by atoms with Crippen LogP contribution in [0.1, 0.15) is 55.4 Å². The van der Waals surface area contributed by atoms with Gasteiger partial charge in [0.2, 0.25) is 0 Å². The van der Waals surface area contributed by atoms with Crippen molar-refractivity contribution < 1.29 is 0 Å². The fourth-order valence-corrected chi connectivity index (χ4v) is 2.11. The quantitative estimate of drug-likeness (QED) is 0.700. The lowest BCUT2D eigenvalue weighted by atomic mass is 10.1. The second-order valence-electron chi connectivity index (χ2n) is 7.19. The van der Waals surface area contributed by atoms with Crippen molar-refractivity contribution in [3.8, 4) is 0 Å². The Labute approximate surface area is 107 Å². The molecule has 1 saturated heterocycles. The zero-order valence-corrected chi connectivity index (χ0v) is 12.8. The molecule has 0 unspecified atom stereocenters. The Hall–Kier alpha value is -0.730. The van der Waals surface area contributed by atoms with E-state index in [1.54, 1.807) is 0 Å². The molecule has 0 aromatic rings. The lowest BCUT2D eigenvalue weighted by Crippen LogP contribution is -2.47. The topological polar surface area (TPSA) is 18.8 Å². The van der Waals surface area contributed by atoms with Gasteiger partial charge in [0, 0.05) is 24.7 Å². The summed E-state index contributed by atoms with van der Waals surface area (Å²) in [6.45, 7) is 19.9. The number of hydrogen-bond donors (Lipinski definition) is 0. The van der Waals surface area contributed by atoms with Gasteiger partial charge in [0.25, 0.3) is 0 Å². The second-order valence-corrected chi connectivity index (χ2v) is 7.19. The molecule has 0 aromatic carbocycles. The van der Waals surface area contributed by atoms with Gasteiger partial charge in [-0.1, -0.05) is 0 Å². The first kappa shape index (κ1) is 14.3. The van der Waals surface area contributed by atoms with Crippen molar-refractivity contribution >= 4 is 5.96 Å². The first-order valence-electron chi connectivity index (χ1n) is 6.66. The molecule has 0 bridgehead atoms. The van der Waals surface area contributed by atoms with Crippen LogP contribution in [0.25, 0.3) is 0 Å². The molecular formula is C14H29N3. The highest BCUT2D eigenvalue weighted by Crippen LogP contribution is 2.24. The number of nitrogens with zero attached hydrogens (tertiary/aromatic N) is 3. The number of aliphatic imine (C=N–C) groups is 1. The van der Waals surface area contributed by atoms with Gasteiger partial charge in [-0.3, -0.25) is 0 Å². The van der Waals surface area contributed by atoms with Crippen LogP contribution in [0.3, 0.4) is 0 Å². The molecule has 100 valence electrons. The molecule has 1 fully saturated rings. The Kier molecular flexibility index (Phi) is 3.80. The first-order chi connectivity index (χ1) is 7.52. The average Bonchev–Trinajstić information content (AvgIpc) is 2.43. The van der Waals surface area contributed by atoms with Gasteiger partial charge in [0.15, 0.2) is 5.96 Å². The van der Waals surface area contributed by atoms with Gasteiger partial charge in [0.05, 0.1) is 5.54 Å². The summed E-state index contributed by atoms with van der Waals surface area (Å²) in [6.07, 6.45) is 0. The van der Waals surface area contributed by atoms with Gasteiger partial charge in [-0.2, -0.15) is 0 Å². The summed E-state index contributed by atoms with van der Waals surface area (Å²) in [5, 5.41) is 0. The maximum atomic E-state index is 4.93. The lowest BCUT2D eigenvalue weighted by Gasteiger charge is -2.36. The minimum atomic E-state index is -0.0175. The number of rotatable bonds is 1. The summed E-state index contributed by atoms with van der Waals surface area (Å²) in [7, 11) is 0. The Morgan fingerprint density at radius 3 is 1.88 bits per heavy atom. The molecule has 17 heavy (non-hydrogen) atoms. The molecule has 1 rings (SSSR count). The van der Waals surface area contributed by atoms with Crippen LogP contribution in [0.5, 0.6) is 0 Å². The maximum absolute atomic E-state index is 4.93. The van der Waals surface area contributed by atoms with Gasteiger partial charge in [0.1, 0.15) is 0 Å². The highest BCUT2D eigenvalue weighted by atomic mass is 15.5. The third-order valence-electron chi connectivity index (χ3n) is 2.93. The smallest absolute Gasteiger partial charge is 0.197 e. The molecule has 0 aromatic heterocycles. The molecule has 0 aliphatic carbocycles. The SMILES string of the molecule is CC(C)N1CCN(C(C)(C)C)C1=NC(C)(C)C. The highest BCUT2D eigenvalue weighted by molar-refractivity contribution is 5.83. The second kappa shape index (κ2) is 4.51. The van der Waals surface area contributed by atoms with Crippen LogP contribution in [0, 0.1) is 0 Å². The lowest BCUT2D eigenvalue weighted by molar-refractivity contribution is 0.255. The van der Waals surface area contributed by atoms with Crippen molar-refractivity contribution in [2.45, 2.75) is 72.5 Å². The molecule has 0 amide bonds.